The molecule has 5 nitrogen and oxygen atoms in total. The molecule has 1 aromatic heterocycles. The molecule has 21 heavy (non-hydrogen) atoms. The summed E-state index contributed by atoms with van der Waals surface area (Å²) in [7, 11) is 0. The molecule has 106 valence electrons. The summed E-state index contributed by atoms with van der Waals surface area (Å²) in [5.41, 5.74) is 1.62. The quantitative estimate of drug-likeness (QED) is 0.795. The molecule has 7 heteroatoms. The minimum Gasteiger partial charge on any atom is -0.489 e. The van der Waals surface area contributed by atoms with Crippen molar-refractivity contribution in [3.8, 4) is 17.1 Å². The number of rotatable bonds is 4. The van der Waals surface area contributed by atoms with Gasteiger partial charge in [-0.05, 0) is 41.6 Å². The molecule has 1 heterocycles. The van der Waals surface area contributed by atoms with Crippen molar-refractivity contribution >= 4 is 23.2 Å². The number of nitrogens with zero attached hydrogens (tertiary/aromatic N) is 3. The lowest BCUT2D eigenvalue weighted by Crippen LogP contribution is -1.97. The summed E-state index contributed by atoms with van der Waals surface area (Å²) in [4.78, 5) is 0. The molecule has 0 amide bonds. The summed E-state index contributed by atoms with van der Waals surface area (Å²) in [6, 6.07) is 12.7. The third kappa shape index (κ3) is 3.15. The lowest BCUT2D eigenvalue weighted by molar-refractivity contribution is 0.306. The summed E-state index contributed by atoms with van der Waals surface area (Å²) in [6.45, 7) is 0.306. The molecule has 3 aromatic rings. The van der Waals surface area contributed by atoms with Crippen LogP contribution in [0.25, 0.3) is 11.4 Å². The highest BCUT2D eigenvalue weighted by molar-refractivity contribution is 6.35. The topological polar surface area (TPSA) is 63.7 Å². The van der Waals surface area contributed by atoms with Crippen molar-refractivity contribution in [2.45, 2.75) is 6.61 Å². The van der Waals surface area contributed by atoms with Crippen molar-refractivity contribution in [2.75, 3.05) is 0 Å². The average molecular weight is 321 g/mol. The predicted octanol–water partition coefficient (Wildman–Crippen LogP) is 3.75. The number of hydrogen-bond donors (Lipinski definition) is 1. The fourth-order valence-electron chi connectivity index (χ4n) is 1.81. The van der Waals surface area contributed by atoms with Gasteiger partial charge in [0.15, 0.2) is 0 Å². The fourth-order valence-corrected chi connectivity index (χ4v) is 2.32. The molecule has 1 N–H and O–H groups in total. The first kappa shape index (κ1) is 13.9. The molecule has 0 atom stereocenters. The summed E-state index contributed by atoms with van der Waals surface area (Å²) >= 11 is 12.2. The zero-order valence-corrected chi connectivity index (χ0v) is 12.3. The molecule has 0 spiro atoms. The summed E-state index contributed by atoms with van der Waals surface area (Å²) < 4.78 is 5.69. The number of H-pyrrole nitrogens is 1. The molecule has 0 unspecified atom stereocenters. The number of ether oxygens (including phenoxy) is 1. The molecule has 0 saturated carbocycles. The highest BCUT2D eigenvalue weighted by atomic mass is 35.5. The molecule has 0 saturated heterocycles. The van der Waals surface area contributed by atoms with E-state index in [1.807, 2.05) is 24.3 Å². The Morgan fingerprint density at radius 3 is 2.33 bits per heavy atom. The lowest BCUT2D eigenvalue weighted by Gasteiger charge is -2.09. The van der Waals surface area contributed by atoms with E-state index in [9.17, 15) is 0 Å². The number of aromatic amines is 1. The van der Waals surface area contributed by atoms with Crippen LogP contribution in [0.1, 0.15) is 5.56 Å². The first-order chi connectivity index (χ1) is 10.2. The van der Waals surface area contributed by atoms with Crippen LogP contribution >= 0.6 is 23.2 Å². The van der Waals surface area contributed by atoms with E-state index in [0.717, 1.165) is 11.1 Å². The van der Waals surface area contributed by atoms with E-state index < -0.39 is 0 Å². The Kier molecular flexibility index (Phi) is 4.03. The Bertz CT molecular complexity index is 709. The Hall–Kier alpha value is -2.11. The van der Waals surface area contributed by atoms with Gasteiger partial charge in [0.25, 0.3) is 0 Å². The van der Waals surface area contributed by atoms with Crippen LogP contribution in [0.3, 0.4) is 0 Å². The van der Waals surface area contributed by atoms with Crippen molar-refractivity contribution in [3.05, 3.63) is 58.1 Å². The summed E-state index contributed by atoms with van der Waals surface area (Å²) in [5.74, 6) is 1.24. The fraction of sp³-hybridized carbons (Fsp3) is 0.0714. The molecular formula is C14H10Cl2N4O. The number of benzene rings is 2. The largest absolute Gasteiger partial charge is 0.489 e. The smallest absolute Gasteiger partial charge is 0.204 e. The van der Waals surface area contributed by atoms with Crippen molar-refractivity contribution < 1.29 is 4.74 Å². The van der Waals surface area contributed by atoms with Gasteiger partial charge in [0.2, 0.25) is 5.82 Å². The van der Waals surface area contributed by atoms with Gasteiger partial charge in [-0.1, -0.05) is 29.3 Å². The highest BCUT2D eigenvalue weighted by Gasteiger charge is 2.07. The molecule has 0 aliphatic heterocycles. The SMILES string of the molecule is Clc1cccc(Cl)c1COc1ccc(-c2nn[nH]n2)cc1. The second-order valence-electron chi connectivity index (χ2n) is 4.25. The van der Waals surface area contributed by atoms with Crippen LogP contribution in [-0.4, -0.2) is 20.6 Å². The van der Waals surface area contributed by atoms with Crippen LogP contribution in [0.5, 0.6) is 5.75 Å². The van der Waals surface area contributed by atoms with Crippen molar-refractivity contribution in [2.24, 2.45) is 0 Å². The molecule has 0 bridgehead atoms. The minimum atomic E-state index is 0.306. The van der Waals surface area contributed by atoms with Crippen molar-refractivity contribution in [1.82, 2.24) is 20.6 Å². The Balaban J connectivity index is 1.71. The number of nitrogens with one attached hydrogen (secondary N) is 1. The Labute approximate surface area is 130 Å². The zero-order valence-electron chi connectivity index (χ0n) is 10.8. The standard InChI is InChI=1S/C14H10Cl2N4O/c15-12-2-1-3-13(16)11(12)8-21-10-6-4-9(5-7-10)14-17-19-20-18-14/h1-7H,8H2,(H,17,18,19,20). The van der Waals surface area contributed by atoms with E-state index in [2.05, 4.69) is 20.6 Å². The van der Waals surface area contributed by atoms with E-state index in [-0.39, 0.29) is 0 Å². The molecular weight excluding hydrogens is 311 g/mol. The second kappa shape index (κ2) is 6.11. The van der Waals surface area contributed by atoms with E-state index in [0.29, 0.717) is 28.2 Å². The third-order valence-corrected chi connectivity index (χ3v) is 3.61. The molecule has 0 aliphatic carbocycles. The van der Waals surface area contributed by atoms with E-state index in [4.69, 9.17) is 27.9 Å². The van der Waals surface area contributed by atoms with Gasteiger partial charge in [-0.25, -0.2) is 0 Å². The monoisotopic (exact) mass is 320 g/mol. The van der Waals surface area contributed by atoms with Crippen molar-refractivity contribution in [1.29, 1.82) is 0 Å². The maximum Gasteiger partial charge on any atom is 0.204 e. The highest BCUT2D eigenvalue weighted by Crippen LogP contribution is 2.26. The maximum absolute atomic E-state index is 6.10. The molecule has 0 aliphatic rings. The van der Waals surface area contributed by atoms with Gasteiger partial charge in [-0.3, -0.25) is 0 Å². The van der Waals surface area contributed by atoms with E-state index in [1.54, 1.807) is 18.2 Å². The van der Waals surface area contributed by atoms with Crippen LogP contribution in [0.2, 0.25) is 10.0 Å². The predicted molar refractivity (Wildman–Crippen MR) is 80.4 cm³/mol. The molecule has 0 radical (unpaired) electrons. The Morgan fingerprint density at radius 1 is 1.00 bits per heavy atom. The zero-order chi connectivity index (χ0) is 14.7. The molecule has 0 fully saturated rings. The first-order valence-corrected chi connectivity index (χ1v) is 6.89. The molecule has 3 rings (SSSR count). The number of aromatic nitrogens is 4. The first-order valence-electron chi connectivity index (χ1n) is 6.13. The van der Waals surface area contributed by atoms with Gasteiger partial charge in [-0.15, -0.1) is 10.2 Å². The maximum atomic E-state index is 6.10. The van der Waals surface area contributed by atoms with Gasteiger partial charge >= 0.3 is 0 Å². The van der Waals surface area contributed by atoms with Crippen LogP contribution in [0.4, 0.5) is 0 Å². The van der Waals surface area contributed by atoms with Crippen LogP contribution < -0.4 is 4.74 Å². The summed E-state index contributed by atoms with van der Waals surface area (Å²) in [6.07, 6.45) is 0. The van der Waals surface area contributed by atoms with E-state index in [1.165, 1.54) is 0 Å². The summed E-state index contributed by atoms with van der Waals surface area (Å²) in [5, 5.41) is 14.9. The second-order valence-corrected chi connectivity index (χ2v) is 5.06. The van der Waals surface area contributed by atoms with Gasteiger partial charge in [0.1, 0.15) is 12.4 Å². The number of halogens is 2. The van der Waals surface area contributed by atoms with Gasteiger partial charge < -0.3 is 4.74 Å². The minimum absolute atomic E-state index is 0.306. The van der Waals surface area contributed by atoms with Crippen LogP contribution in [-0.2, 0) is 6.61 Å². The van der Waals surface area contributed by atoms with Crippen molar-refractivity contribution in [3.63, 3.8) is 0 Å². The average Bonchev–Trinajstić information content (AvgIpc) is 3.02. The molecule has 2 aromatic carbocycles. The normalized spacial score (nSPS) is 10.6. The number of tetrazole rings is 1. The Morgan fingerprint density at radius 2 is 1.71 bits per heavy atom. The lowest BCUT2D eigenvalue weighted by atomic mass is 10.2. The van der Waals surface area contributed by atoms with Gasteiger partial charge in [-0.2, -0.15) is 5.21 Å². The third-order valence-electron chi connectivity index (χ3n) is 2.90. The van der Waals surface area contributed by atoms with Gasteiger partial charge in [0.05, 0.1) is 0 Å². The van der Waals surface area contributed by atoms with Gasteiger partial charge in [0, 0.05) is 21.2 Å². The number of hydrogen-bond acceptors (Lipinski definition) is 4. The van der Waals surface area contributed by atoms with E-state index >= 15 is 0 Å². The van der Waals surface area contributed by atoms with Crippen LogP contribution in [0, 0.1) is 0 Å². The van der Waals surface area contributed by atoms with Crippen LogP contribution in [0.15, 0.2) is 42.5 Å².